The van der Waals surface area contributed by atoms with Crippen LogP contribution < -0.4 is 25.8 Å². The molecule has 0 saturated carbocycles. The molecule has 0 bridgehead atoms. The summed E-state index contributed by atoms with van der Waals surface area (Å²) in [4.78, 5) is 12.3. The van der Waals surface area contributed by atoms with E-state index in [9.17, 15) is 10.1 Å². The van der Waals surface area contributed by atoms with Crippen molar-refractivity contribution in [3.63, 3.8) is 0 Å². The van der Waals surface area contributed by atoms with Crippen molar-refractivity contribution >= 4 is 28.9 Å². The zero-order valence-electron chi connectivity index (χ0n) is 15.7. The third kappa shape index (κ3) is 5.09. The van der Waals surface area contributed by atoms with Gasteiger partial charge in [0.15, 0.2) is 11.5 Å². The van der Waals surface area contributed by atoms with E-state index in [0.29, 0.717) is 22.9 Å². The van der Waals surface area contributed by atoms with E-state index in [0.717, 1.165) is 5.56 Å². The van der Waals surface area contributed by atoms with Gasteiger partial charge in [0, 0.05) is 17.9 Å². The summed E-state index contributed by atoms with van der Waals surface area (Å²) in [6.45, 7) is 1.89. The molecule has 2 aromatic rings. The summed E-state index contributed by atoms with van der Waals surface area (Å²) in [7, 11) is 3.12. The zero-order valence-corrected chi connectivity index (χ0v) is 16.5. The highest BCUT2D eigenvalue weighted by Crippen LogP contribution is 2.30. The van der Waals surface area contributed by atoms with Crippen LogP contribution in [-0.4, -0.2) is 20.1 Å². The Morgan fingerprint density at radius 3 is 2.54 bits per heavy atom. The Morgan fingerprint density at radius 2 is 1.93 bits per heavy atom. The van der Waals surface area contributed by atoms with Crippen LogP contribution in [0.1, 0.15) is 18.5 Å². The topological polar surface area (TPSA) is 109 Å². The van der Waals surface area contributed by atoms with E-state index in [1.807, 2.05) is 25.1 Å². The molecule has 0 aromatic heterocycles. The molecule has 146 valence electrons. The number of anilines is 2. The van der Waals surface area contributed by atoms with Crippen LogP contribution in [0, 0.1) is 11.3 Å². The van der Waals surface area contributed by atoms with E-state index in [-0.39, 0.29) is 16.6 Å². The summed E-state index contributed by atoms with van der Waals surface area (Å²) >= 11 is 6.05. The molecule has 4 N–H and O–H groups in total. The van der Waals surface area contributed by atoms with Crippen molar-refractivity contribution in [1.82, 2.24) is 5.32 Å². The molecule has 2 rings (SSSR count). The van der Waals surface area contributed by atoms with Crippen molar-refractivity contribution < 1.29 is 14.3 Å². The minimum atomic E-state index is -0.582. The lowest BCUT2D eigenvalue weighted by molar-refractivity contribution is -0.112. The Bertz CT molecular complexity index is 938. The van der Waals surface area contributed by atoms with Gasteiger partial charge in [0.1, 0.15) is 11.6 Å². The molecule has 0 spiro atoms. The molecule has 0 aliphatic carbocycles. The number of benzene rings is 2. The maximum atomic E-state index is 12.3. The lowest BCUT2D eigenvalue weighted by Gasteiger charge is -2.15. The van der Waals surface area contributed by atoms with E-state index in [1.54, 1.807) is 32.4 Å². The molecule has 1 unspecified atom stereocenters. The summed E-state index contributed by atoms with van der Waals surface area (Å²) in [5, 5.41) is 15.2. The number of nitrogens with two attached hydrogens (primary N) is 1. The average Bonchev–Trinajstić information content (AvgIpc) is 2.69. The maximum Gasteiger partial charge on any atom is 0.267 e. The second-order valence-corrected chi connectivity index (χ2v) is 6.27. The van der Waals surface area contributed by atoms with Crippen molar-refractivity contribution in [2.75, 3.05) is 25.3 Å². The molecule has 0 radical (unpaired) electrons. The molecule has 28 heavy (non-hydrogen) atoms. The standard InChI is InChI=1S/C20H21ClN4O3/c1-12(13-4-7-18(27-2)19(8-13)28-3)24-11-14(10-22)20(26)25-17-6-5-15(23)9-16(17)21/h4-9,11-12,24H,23H2,1-3H3,(H,25,26)/b14-11-. The van der Waals surface area contributed by atoms with Gasteiger partial charge in [0.2, 0.25) is 0 Å². The smallest absolute Gasteiger partial charge is 0.267 e. The monoisotopic (exact) mass is 400 g/mol. The van der Waals surface area contributed by atoms with Crippen LogP contribution in [0.3, 0.4) is 0 Å². The van der Waals surface area contributed by atoms with E-state index in [2.05, 4.69) is 10.6 Å². The molecule has 1 amide bonds. The summed E-state index contributed by atoms with van der Waals surface area (Å²) in [5.41, 5.74) is 7.28. The van der Waals surface area contributed by atoms with Crippen LogP contribution in [0.4, 0.5) is 11.4 Å². The molecule has 0 aliphatic heterocycles. The van der Waals surface area contributed by atoms with Crippen LogP contribution >= 0.6 is 11.6 Å². The van der Waals surface area contributed by atoms with Crippen molar-refractivity contribution in [3.8, 4) is 17.6 Å². The number of nitrogens with zero attached hydrogens (tertiary/aromatic N) is 1. The molecular formula is C20H21ClN4O3. The predicted octanol–water partition coefficient (Wildman–Crippen LogP) is 3.64. The Kier molecular flexibility index (Phi) is 7.13. The number of carbonyl (C=O) groups is 1. The molecular weight excluding hydrogens is 380 g/mol. The second kappa shape index (κ2) is 9.53. The van der Waals surface area contributed by atoms with Crippen molar-refractivity contribution in [2.45, 2.75) is 13.0 Å². The SMILES string of the molecule is COc1ccc(C(C)N/C=C(/C#N)C(=O)Nc2ccc(N)cc2Cl)cc1OC. The highest BCUT2D eigenvalue weighted by molar-refractivity contribution is 6.34. The van der Waals surface area contributed by atoms with Crippen molar-refractivity contribution in [2.24, 2.45) is 0 Å². The van der Waals surface area contributed by atoms with Gasteiger partial charge in [0.25, 0.3) is 5.91 Å². The average molecular weight is 401 g/mol. The molecule has 0 aliphatic rings. The number of hydrogen-bond donors (Lipinski definition) is 3. The maximum absolute atomic E-state index is 12.3. The minimum absolute atomic E-state index is 0.0970. The number of nitrogen functional groups attached to an aromatic ring is 1. The van der Waals surface area contributed by atoms with Gasteiger partial charge in [-0.25, -0.2) is 0 Å². The van der Waals surface area contributed by atoms with E-state index in [4.69, 9.17) is 26.8 Å². The first-order chi connectivity index (χ1) is 13.4. The number of rotatable bonds is 7. The number of nitriles is 1. The Balaban J connectivity index is 2.11. The van der Waals surface area contributed by atoms with Gasteiger partial charge >= 0.3 is 0 Å². The number of hydrogen-bond acceptors (Lipinski definition) is 6. The first-order valence-corrected chi connectivity index (χ1v) is 8.72. The summed E-state index contributed by atoms with van der Waals surface area (Å²) in [5.74, 6) is 0.626. The lowest BCUT2D eigenvalue weighted by atomic mass is 10.1. The fourth-order valence-corrected chi connectivity index (χ4v) is 2.63. The molecule has 7 nitrogen and oxygen atoms in total. The normalized spacial score (nSPS) is 11.9. The number of carbonyl (C=O) groups excluding carboxylic acids is 1. The minimum Gasteiger partial charge on any atom is -0.493 e. The largest absolute Gasteiger partial charge is 0.493 e. The zero-order chi connectivity index (χ0) is 20.7. The molecule has 1 atom stereocenters. The third-order valence-corrected chi connectivity index (χ3v) is 4.30. The van der Waals surface area contributed by atoms with Crippen LogP contribution in [0.15, 0.2) is 48.2 Å². The molecule has 0 fully saturated rings. The number of methoxy groups -OCH3 is 2. The quantitative estimate of drug-likeness (QED) is 0.372. The number of ether oxygens (including phenoxy) is 2. The number of nitrogens with one attached hydrogen (secondary N) is 2. The van der Waals surface area contributed by atoms with Crippen molar-refractivity contribution in [3.05, 3.63) is 58.8 Å². The fraction of sp³-hybridized carbons (Fsp3) is 0.200. The first-order valence-electron chi connectivity index (χ1n) is 8.34. The van der Waals surface area contributed by atoms with Gasteiger partial charge in [-0.1, -0.05) is 17.7 Å². The summed E-state index contributed by atoms with van der Waals surface area (Å²) in [6.07, 6.45) is 1.36. The van der Waals surface area contributed by atoms with Crippen molar-refractivity contribution in [1.29, 1.82) is 5.26 Å². The molecule has 2 aromatic carbocycles. The first kappa shape index (κ1) is 20.9. The van der Waals surface area contributed by atoms with Crippen LogP contribution in [0.5, 0.6) is 11.5 Å². The number of amides is 1. The molecule has 0 heterocycles. The predicted molar refractivity (Wildman–Crippen MR) is 109 cm³/mol. The Morgan fingerprint density at radius 1 is 1.21 bits per heavy atom. The van der Waals surface area contributed by atoms with Gasteiger partial charge in [0.05, 0.1) is 24.9 Å². The Hall–Kier alpha value is -3.37. The second-order valence-electron chi connectivity index (χ2n) is 5.87. The van der Waals surface area contributed by atoms with E-state index in [1.165, 1.54) is 12.3 Å². The number of halogens is 1. The fourth-order valence-electron chi connectivity index (χ4n) is 2.40. The van der Waals surface area contributed by atoms with Crippen LogP contribution in [-0.2, 0) is 4.79 Å². The van der Waals surface area contributed by atoms with Gasteiger partial charge in [-0.2, -0.15) is 5.26 Å². The lowest BCUT2D eigenvalue weighted by Crippen LogP contribution is -2.18. The molecule has 0 saturated heterocycles. The van der Waals surface area contributed by atoms with Crippen LogP contribution in [0.25, 0.3) is 0 Å². The van der Waals surface area contributed by atoms with Gasteiger partial charge in [-0.05, 0) is 42.8 Å². The van der Waals surface area contributed by atoms with E-state index >= 15 is 0 Å². The van der Waals surface area contributed by atoms with E-state index < -0.39 is 5.91 Å². The Labute approximate surface area is 168 Å². The van der Waals surface area contributed by atoms with Gasteiger partial charge in [-0.15, -0.1) is 0 Å². The third-order valence-electron chi connectivity index (χ3n) is 3.99. The summed E-state index contributed by atoms with van der Waals surface area (Å²) in [6, 6.07) is 11.9. The summed E-state index contributed by atoms with van der Waals surface area (Å²) < 4.78 is 10.5. The van der Waals surface area contributed by atoms with Gasteiger partial charge < -0.3 is 25.8 Å². The highest BCUT2D eigenvalue weighted by atomic mass is 35.5. The van der Waals surface area contributed by atoms with Crippen LogP contribution in [0.2, 0.25) is 5.02 Å². The molecule has 8 heteroatoms. The van der Waals surface area contributed by atoms with Gasteiger partial charge in [-0.3, -0.25) is 4.79 Å². The highest BCUT2D eigenvalue weighted by Gasteiger charge is 2.13.